The van der Waals surface area contributed by atoms with Crippen LogP contribution in [-0.2, 0) is 15.1 Å². The van der Waals surface area contributed by atoms with Gasteiger partial charge in [0.1, 0.15) is 5.54 Å². The number of carbonyl (C=O) groups is 1. The molecular weight excluding hydrogens is 240 g/mol. The normalized spacial score (nSPS) is 15.7. The molecule has 19 heavy (non-hydrogen) atoms. The van der Waals surface area contributed by atoms with E-state index in [4.69, 9.17) is 16.2 Å². The van der Waals surface area contributed by atoms with Crippen LogP contribution in [0.2, 0.25) is 0 Å². The molecule has 0 aliphatic carbocycles. The summed E-state index contributed by atoms with van der Waals surface area (Å²) in [5, 5.41) is 0. The van der Waals surface area contributed by atoms with Crippen molar-refractivity contribution in [3.05, 3.63) is 35.9 Å². The van der Waals surface area contributed by atoms with E-state index in [1.807, 2.05) is 18.2 Å². The Bertz CT molecular complexity index is 394. The van der Waals surface area contributed by atoms with E-state index in [9.17, 15) is 4.79 Å². The van der Waals surface area contributed by atoms with E-state index < -0.39 is 11.4 Å². The van der Waals surface area contributed by atoms with Gasteiger partial charge >= 0.3 is 0 Å². The predicted molar refractivity (Wildman–Crippen MR) is 76.4 cm³/mol. The van der Waals surface area contributed by atoms with Crippen molar-refractivity contribution in [2.24, 2.45) is 17.4 Å². The van der Waals surface area contributed by atoms with Gasteiger partial charge in [0.05, 0.1) is 6.61 Å². The van der Waals surface area contributed by atoms with Gasteiger partial charge in [0.25, 0.3) is 0 Å². The van der Waals surface area contributed by atoms with Gasteiger partial charge in [-0.1, -0.05) is 50.6 Å². The van der Waals surface area contributed by atoms with Gasteiger partial charge in [-0.3, -0.25) is 4.79 Å². The van der Waals surface area contributed by atoms with Gasteiger partial charge in [-0.15, -0.1) is 0 Å². The Hall–Kier alpha value is -1.39. The molecule has 1 aromatic carbocycles. The summed E-state index contributed by atoms with van der Waals surface area (Å²) in [5.41, 5.74) is 11.0. The number of primary amides is 1. The fraction of sp³-hybridized carbons (Fsp3) is 0.533. The Balaban J connectivity index is 2.66. The van der Waals surface area contributed by atoms with Crippen LogP contribution >= 0.6 is 0 Å². The highest BCUT2D eigenvalue weighted by Crippen LogP contribution is 2.19. The minimum Gasteiger partial charge on any atom is -0.378 e. The number of nitrogens with two attached hydrogens (primary N) is 2. The van der Waals surface area contributed by atoms with Gasteiger partial charge in [-0.2, -0.15) is 0 Å². The van der Waals surface area contributed by atoms with Crippen LogP contribution in [0, 0.1) is 5.92 Å². The summed E-state index contributed by atoms with van der Waals surface area (Å²) in [6, 6.07) is 9.13. The largest absolute Gasteiger partial charge is 0.378 e. The first-order valence-corrected chi connectivity index (χ1v) is 6.72. The Labute approximate surface area is 115 Å². The lowest BCUT2D eigenvalue weighted by Gasteiger charge is -2.27. The molecule has 2 atom stereocenters. The average molecular weight is 264 g/mol. The third kappa shape index (κ3) is 4.33. The molecule has 1 aromatic rings. The monoisotopic (exact) mass is 264 g/mol. The molecule has 0 bridgehead atoms. The number of amides is 1. The highest BCUT2D eigenvalue weighted by molar-refractivity contribution is 5.86. The maximum Gasteiger partial charge on any atom is 0.244 e. The van der Waals surface area contributed by atoms with Crippen molar-refractivity contribution in [1.29, 1.82) is 0 Å². The van der Waals surface area contributed by atoms with Gasteiger partial charge in [-0.25, -0.2) is 0 Å². The van der Waals surface area contributed by atoms with E-state index in [0.29, 0.717) is 18.1 Å². The minimum atomic E-state index is -1.26. The number of rotatable bonds is 8. The van der Waals surface area contributed by atoms with Crippen molar-refractivity contribution in [1.82, 2.24) is 0 Å². The van der Waals surface area contributed by atoms with Crippen LogP contribution in [0.3, 0.4) is 0 Å². The summed E-state index contributed by atoms with van der Waals surface area (Å²) in [4.78, 5) is 11.6. The van der Waals surface area contributed by atoms with Gasteiger partial charge in [0.2, 0.25) is 5.91 Å². The lowest BCUT2D eigenvalue weighted by molar-refractivity contribution is -0.126. The summed E-state index contributed by atoms with van der Waals surface area (Å²) < 4.78 is 5.60. The SMILES string of the molecule is CCCC(C)COCC(N)(C(N)=O)c1ccccc1. The lowest BCUT2D eigenvalue weighted by atomic mass is 9.91. The molecule has 4 heteroatoms. The molecule has 0 aliphatic heterocycles. The molecular formula is C15H24N2O2. The Morgan fingerprint density at radius 3 is 2.53 bits per heavy atom. The number of benzene rings is 1. The summed E-state index contributed by atoms with van der Waals surface area (Å²) in [7, 11) is 0. The van der Waals surface area contributed by atoms with E-state index in [-0.39, 0.29) is 6.61 Å². The predicted octanol–water partition coefficient (Wildman–Crippen LogP) is 1.78. The van der Waals surface area contributed by atoms with Gasteiger partial charge < -0.3 is 16.2 Å². The molecule has 0 saturated heterocycles. The first-order valence-electron chi connectivity index (χ1n) is 6.72. The van der Waals surface area contributed by atoms with E-state index in [1.165, 1.54) is 0 Å². The van der Waals surface area contributed by atoms with E-state index in [2.05, 4.69) is 13.8 Å². The fourth-order valence-corrected chi connectivity index (χ4v) is 2.03. The first-order chi connectivity index (χ1) is 9.00. The van der Waals surface area contributed by atoms with E-state index in [1.54, 1.807) is 12.1 Å². The number of hydrogen-bond acceptors (Lipinski definition) is 3. The lowest BCUT2D eigenvalue weighted by Crippen LogP contribution is -2.52. The topological polar surface area (TPSA) is 78.3 Å². The van der Waals surface area contributed by atoms with Gasteiger partial charge in [0.15, 0.2) is 0 Å². The minimum absolute atomic E-state index is 0.112. The second-order valence-electron chi connectivity index (χ2n) is 5.11. The third-order valence-electron chi connectivity index (χ3n) is 3.24. The zero-order valence-electron chi connectivity index (χ0n) is 11.8. The first kappa shape index (κ1) is 15.7. The summed E-state index contributed by atoms with van der Waals surface area (Å²) in [6.45, 7) is 4.96. The van der Waals surface area contributed by atoms with E-state index >= 15 is 0 Å². The van der Waals surface area contributed by atoms with Crippen molar-refractivity contribution in [3.63, 3.8) is 0 Å². The zero-order chi connectivity index (χ0) is 14.3. The van der Waals surface area contributed by atoms with Crippen molar-refractivity contribution in [2.45, 2.75) is 32.2 Å². The van der Waals surface area contributed by atoms with Crippen molar-refractivity contribution in [2.75, 3.05) is 13.2 Å². The summed E-state index contributed by atoms with van der Waals surface area (Å²) in [6.07, 6.45) is 2.21. The highest BCUT2D eigenvalue weighted by Gasteiger charge is 2.34. The maximum atomic E-state index is 11.6. The van der Waals surface area contributed by atoms with Crippen LogP contribution in [0.4, 0.5) is 0 Å². The summed E-state index contributed by atoms with van der Waals surface area (Å²) >= 11 is 0. The van der Waals surface area contributed by atoms with Crippen LogP contribution in [0.15, 0.2) is 30.3 Å². The van der Waals surface area contributed by atoms with Gasteiger partial charge in [0, 0.05) is 6.61 Å². The average Bonchev–Trinajstić information content (AvgIpc) is 2.39. The van der Waals surface area contributed by atoms with Gasteiger partial charge in [-0.05, 0) is 17.9 Å². The molecule has 1 rings (SSSR count). The Morgan fingerprint density at radius 1 is 1.37 bits per heavy atom. The number of hydrogen-bond donors (Lipinski definition) is 2. The number of carbonyl (C=O) groups excluding carboxylic acids is 1. The molecule has 4 nitrogen and oxygen atoms in total. The molecule has 0 aliphatic rings. The van der Waals surface area contributed by atoms with Crippen LogP contribution < -0.4 is 11.5 Å². The maximum absolute atomic E-state index is 11.6. The summed E-state index contributed by atoms with van der Waals surface area (Å²) in [5.74, 6) is -0.111. The molecule has 2 unspecified atom stereocenters. The Morgan fingerprint density at radius 2 is 2.00 bits per heavy atom. The molecule has 106 valence electrons. The van der Waals surface area contributed by atoms with Crippen molar-refractivity contribution < 1.29 is 9.53 Å². The molecule has 0 fully saturated rings. The molecule has 0 saturated carbocycles. The number of ether oxygens (including phenoxy) is 1. The van der Waals surface area contributed by atoms with Crippen molar-refractivity contribution >= 4 is 5.91 Å². The molecule has 1 amide bonds. The molecule has 0 aromatic heterocycles. The van der Waals surface area contributed by atoms with Crippen LogP contribution in [-0.4, -0.2) is 19.1 Å². The van der Waals surface area contributed by atoms with Crippen LogP contribution in [0.5, 0.6) is 0 Å². The molecule has 0 heterocycles. The second-order valence-corrected chi connectivity index (χ2v) is 5.11. The second kappa shape index (κ2) is 7.26. The van der Waals surface area contributed by atoms with Crippen LogP contribution in [0.1, 0.15) is 32.3 Å². The Kier molecular flexibility index (Phi) is 5.99. The fourth-order valence-electron chi connectivity index (χ4n) is 2.03. The molecule has 0 spiro atoms. The smallest absolute Gasteiger partial charge is 0.244 e. The zero-order valence-corrected chi connectivity index (χ0v) is 11.8. The van der Waals surface area contributed by atoms with E-state index in [0.717, 1.165) is 12.8 Å². The standard InChI is InChI=1S/C15H24N2O2/c1-3-7-12(2)10-19-11-15(17,14(16)18)13-8-5-4-6-9-13/h4-6,8-9,12H,3,7,10-11,17H2,1-2H3,(H2,16,18). The van der Waals surface area contributed by atoms with Crippen molar-refractivity contribution in [3.8, 4) is 0 Å². The third-order valence-corrected chi connectivity index (χ3v) is 3.24. The molecule has 4 N–H and O–H groups in total. The van der Waals surface area contributed by atoms with Crippen LogP contribution in [0.25, 0.3) is 0 Å². The molecule has 0 radical (unpaired) electrons. The quantitative estimate of drug-likeness (QED) is 0.751. The highest BCUT2D eigenvalue weighted by atomic mass is 16.5.